The van der Waals surface area contributed by atoms with Gasteiger partial charge in [0.25, 0.3) is 5.91 Å². The maximum Gasteiger partial charge on any atom is 0.328 e. The van der Waals surface area contributed by atoms with Crippen LogP contribution in [-0.2, 0) is 9.53 Å². The van der Waals surface area contributed by atoms with E-state index in [9.17, 15) is 9.59 Å². The summed E-state index contributed by atoms with van der Waals surface area (Å²) in [6.07, 6.45) is 0. The van der Waals surface area contributed by atoms with Gasteiger partial charge in [0.15, 0.2) is 0 Å². The number of carbonyl (C=O) groups is 2. The molecule has 1 aromatic carbocycles. The third-order valence-corrected chi connectivity index (χ3v) is 2.48. The zero-order valence-corrected chi connectivity index (χ0v) is 10.6. The van der Waals surface area contributed by atoms with Crippen molar-refractivity contribution in [1.29, 1.82) is 0 Å². The van der Waals surface area contributed by atoms with Crippen LogP contribution in [0.1, 0.15) is 17.3 Å². The molecule has 1 atom stereocenters. The van der Waals surface area contributed by atoms with E-state index in [0.717, 1.165) is 4.47 Å². The van der Waals surface area contributed by atoms with Gasteiger partial charge in [0.1, 0.15) is 6.04 Å². The molecule has 0 spiro atoms. The number of hydrogen-bond acceptors (Lipinski definition) is 3. The van der Waals surface area contributed by atoms with E-state index in [4.69, 9.17) is 0 Å². The Morgan fingerprint density at radius 3 is 2.69 bits per heavy atom. The molecule has 16 heavy (non-hydrogen) atoms. The SMILES string of the molecule is COC(=O)[C@@H](C)NC(=O)c1cccc(Br)c1. The van der Waals surface area contributed by atoms with E-state index in [1.165, 1.54) is 7.11 Å². The maximum absolute atomic E-state index is 11.7. The quantitative estimate of drug-likeness (QED) is 0.861. The number of benzene rings is 1. The lowest BCUT2D eigenvalue weighted by atomic mass is 10.2. The number of carbonyl (C=O) groups excluding carboxylic acids is 2. The summed E-state index contributed by atoms with van der Waals surface area (Å²) >= 11 is 3.27. The largest absolute Gasteiger partial charge is 0.467 e. The first kappa shape index (κ1) is 12.7. The van der Waals surface area contributed by atoms with E-state index in [-0.39, 0.29) is 5.91 Å². The zero-order valence-electron chi connectivity index (χ0n) is 8.99. The van der Waals surface area contributed by atoms with Gasteiger partial charge in [-0.1, -0.05) is 22.0 Å². The van der Waals surface area contributed by atoms with E-state index in [1.54, 1.807) is 25.1 Å². The van der Waals surface area contributed by atoms with Crippen LogP contribution >= 0.6 is 15.9 Å². The summed E-state index contributed by atoms with van der Waals surface area (Å²) in [5.41, 5.74) is 0.491. The number of amides is 1. The summed E-state index contributed by atoms with van der Waals surface area (Å²) in [4.78, 5) is 22.8. The topological polar surface area (TPSA) is 55.4 Å². The number of esters is 1. The van der Waals surface area contributed by atoms with E-state index in [0.29, 0.717) is 5.56 Å². The van der Waals surface area contributed by atoms with Gasteiger partial charge in [-0.25, -0.2) is 4.79 Å². The molecule has 86 valence electrons. The van der Waals surface area contributed by atoms with E-state index < -0.39 is 12.0 Å². The molecule has 1 amide bonds. The summed E-state index contributed by atoms with van der Waals surface area (Å²) in [7, 11) is 1.28. The fraction of sp³-hybridized carbons (Fsp3) is 0.273. The Hall–Kier alpha value is -1.36. The number of hydrogen-bond donors (Lipinski definition) is 1. The lowest BCUT2D eigenvalue weighted by Gasteiger charge is -2.11. The van der Waals surface area contributed by atoms with Gasteiger partial charge in [-0.15, -0.1) is 0 Å². The molecule has 4 nitrogen and oxygen atoms in total. The van der Waals surface area contributed by atoms with Crippen molar-refractivity contribution in [1.82, 2.24) is 5.32 Å². The molecule has 0 saturated carbocycles. The predicted molar refractivity (Wildman–Crippen MR) is 63.1 cm³/mol. The molecule has 0 heterocycles. The fourth-order valence-electron chi connectivity index (χ4n) is 1.15. The van der Waals surface area contributed by atoms with Gasteiger partial charge in [-0.2, -0.15) is 0 Å². The van der Waals surface area contributed by atoms with Crippen LogP contribution in [0.5, 0.6) is 0 Å². The van der Waals surface area contributed by atoms with Crippen LogP contribution in [0.25, 0.3) is 0 Å². The first-order valence-electron chi connectivity index (χ1n) is 4.69. The molecular formula is C11H12BrNO3. The third-order valence-electron chi connectivity index (χ3n) is 1.99. The number of rotatable bonds is 3. The Labute approximate surface area is 102 Å². The summed E-state index contributed by atoms with van der Waals surface area (Å²) in [5, 5.41) is 2.54. The molecule has 0 aliphatic rings. The van der Waals surface area contributed by atoms with Crippen LogP contribution in [-0.4, -0.2) is 25.0 Å². The van der Waals surface area contributed by atoms with Crippen molar-refractivity contribution < 1.29 is 14.3 Å². The van der Waals surface area contributed by atoms with Crippen LogP contribution in [0, 0.1) is 0 Å². The predicted octanol–water partition coefficient (Wildman–Crippen LogP) is 1.74. The summed E-state index contributed by atoms with van der Waals surface area (Å²) in [6.45, 7) is 1.57. The summed E-state index contributed by atoms with van der Waals surface area (Å²) < 4.78 is 5.32. The molecule has 0 saturated heterocycles. The standard InChI is InChI=1S/C11H12BrNO3/c1-7(11(15)16-2)13-10(14)8-4-3-5-9(12)6-8/h3-7H,1-2H3,(H,13,14)/t7-/m1/s1. The average Bonchev–Trinajstić information content (AvgIpc) is 2.27. The van der Waals surface area contributed by atoms with Gasteiger partial charge < -0.3 is 10.1 Å². The van der Waals surface area contributed by atoms with Gasteiger partial charge in [-0.05, 0) is 25.1 Å². The summed E-state index contributed by atoms with van der Waals surface area (Å²) in [6, 6.07) is 6.27. The highest BCUT2D eigenvalue weighted by atomic mass is 79.9. The average molecular weight is 286 g/mol. The Bertz CT molecular complexity index is 406. The minimum atomic E-state index is -0.656. The van der Waals surface area contributed by atoms with Gasteiger partial charge in [0.05, 0.1) is 7.11 Å². The van der Waals surface area contributed by atoms with Gasteiger partial charge >= 0.3 is 5.97 Å². The Morgan fingerprint density at radius 1 is 1.44 bits per heavy atom. The maximum atomic E-state index is 11.7. The van der Waals surface area contributed by atoms with Gasteiger partial charge in [-0.3, -0.25) is 4.79 Å². The lowest BCUT2D eigenvalue weighted by molar-refractivity contribution is -0.142. The van der Waals surface area contributed by atoms with Crippen LogP contribution in [0.4, 0.5) is 0 Å². The highest BCUT2D eigenvalue weighted by molar-refractivity contribution is 9.10. The highest BCUT2D eigenvalue weighted by Gasteiger charge is 2.16. The second-order valence-electron chi connectivity index (χ2n) is 3.23. The van der Waals surface area contributed by atoms with Crippen LogP contribution in [0.3, 0.4) is 0 Å². The number of halogens is 1. The Morgan fingerprint density at radius 2 is 2.12 bits per heavy atom. The monoisotopic (exact) mass is 285 g/mol. The third kappa shape index (κ3) is 3.34. The van der Waals surface area contributed by atoms with Crippen LogP contribution in [0.15, 0.2) is 28.7 Å². The molecule has 0 bridgehead atoms. The van der Waals surface area contributed by atoms with Gasteiger partial charge in [0.2, 0.25) is 0 Å². The normalized spacial score (nSPS) is 11.7. The highest BCUT2D eigenvalue weighted by Crippen LogP contribution is 2.11. The second kappa shape index (κ2) is 5.65. The minimum absolute atomic E-state index is 0.306. The molecule has 1 aromatic rings. The van der Waals surface area contributed by atoms with Crippen molar-refractivity contribution in [3.63, 3.8) is 0 Å². The van der Waals surface area contributed by atoms with Crippen LogP contribution in [0.2, 0.25) is 0 Å². The minimum Gasteiger partial charge on any atom is -0.467 e. The number of methoxy groups -OCH3 is 1. The zero-order chi connectivity index (χ0) is 12.1. The molecule has 0 aromatic heterocycles. The molecule has 1 rings (SSSR count). The van der Waals surface area contributed by atoms with Crippen molar-refractivity contribution in [2.45, 2.75) is 13.0 Å². The lowest BCUT2D eigenvalue weighted by Crippen LogP contribution is -2.39. The number of ether oxygens (including phenoxy) is 1. The molecule has 0 radical (unpaired) electrons. The Balaban J connectivity index is 2.69. The number of nitrogens with one attached hydrogen (secondary N) is 1. The van der Waals surface area contributed by atoms with Gasteiger partial charge in [0, 0.05) is 10.0 Å². The molecule has 5 heteroatoms. The molecule has 1 N–H and O–H groups in total. The molecule has 0 fully saturated rings. The van der Waals surface area contributed by atoms with Crippen molar-refractivity contribution in [3.8, 4) is 0 Å². The smallest absolute Gasteiger partial charge is 0.328 e. The Kier molecular flexibility index (Phi) is 4.49. The van der Waals surface area contributed by atoms with E-state index in [2.05, 4.69) is 26.0 Å². The molecule has 0 unspecified atom stereocenters. The second-order valence-corrected chi connectivity index (χ2v) is 4.14. The molecule has 0 aliphatic carbocycles. The molecule has 0 aliphatic heterocycles. The first-order valence-corrected chi connectivity index (χ1v) is 5.48. The molecular weight excluding hydrogens is 274 g/mol. The van der Waals surface area contributed by atoms with Crippen LogP contribution < -0.4 is 5.32 Å². The first-order chi connectivity index (χ1) is 7.54. The van der Waals surface area contributed by atoms with Crippen molar-refractivity contribution in [3.05, 3.63) is 34.3 Å². The summed E-state index contributed by atoms with van der Waals surface area (Å²) in [5.74, 6) is -0.775. The van der Waals surface area contributed by atoms with E-state index in [1.807, 2.05) is 6.07 Å². The van der Waals surface area contributed by atoms with Crippen molar-refractivity contribution in [2.24, 2.45) is 0 Å². The van der Waals surface area contributed by atoms with Crippen molar-refractivity contribution in [2.75, 3.05) is 7.11 Å². The van der Waals surface area contributed by atoms with Crippen molar-refractivity contribution >= 4 is 27.8 Å². The fourth-order valence-corrected chi connectivity index (χ4v) is 1.54. The van der Waals surface area contributed by atoms with E-state index >= 15 is 0 Å².